The number of halogens is 4. The summed E-state index contributed by atoms with van der Waals surface area (Å²) in [6.45, 7) is 5.23. The Balaban J connectivity index is 1.62. The predicted molar refractivity (Wildman–Crippen MR) is 139 cm³/mol. The maximum absolute atomic E-state index is 13.8. The number of rotatable bonds is 3. The van der Waals surface area contributed by atoms with Gasteiger partial charge < -0.3 is 10.6 Å². The zero-order valence-corrected chi connectivity index (χ0v) is 22.6. The molecule has 14 heteroatoms. The fraction of sp³-hybridized carbons (Fsp3) is 0.280. The second kappa shape index (κ2) is 9.59. The lowest BCUT2D eigenvalue weighted by atomic mass is 9.98. The number of benzene rings is 1. The minimum atomic E-state index is -4.64. The van der Waals surface area contributed by atoms with Gasteiger partial charge in [-0.2, -0.15) is 18.3 Å². The normalized spacial score (nSPS) is 15.4. The van der Waals surface area contributed by atoms with E-state index in [-0.39, 0.29) is 34.9 Å². The first-order valence-electron chi connectivity index (χ1n) is 11.8. The van der Waals surface area contributed by atoms with Gasteiger partial charge in [0.05, 0.1) is 41.6 Å². The van der Waals surface area contributed by atoms with Crippen molar-refractivity contribution in [2.24, 2.45) is 0 Å². The minimum absolute atomic E-state index is 0.0488. The van der Waals surface area contributed by atoms with Gasteiger partial charge in [0.1, 0.15) is 0 Å². The molecular weight excluding hydrogens is 581 g/mol. The van der Waals surface area contributed by atoms with Crippen LogP contribution in [0.5, 0.6) is 0 Å². The summed E-state index contributed by atoms with van der Waals surface area (Å²) in [4.78, 5) is 41.8. The third-order valence-electron chi connectivity index (χ3n) is 6.43. The Morgan fingerprint density at radius 3 is 2.46 bits per heavy atom. The highest BCUT2D eigenvalue weighted by Crippen LogP contribution is 2.36. The second-order valence-corrected chi connectivity index (χ2v) is 10.2. The molecule has 4 heterocycles. The molecular formula is C25H22BrF3N8O2. The maximum Gasteiger partial charge on any atom is 0.417 e. The maximum atomic E-state index is 13.8. The molecule has 0 spiro atoms. The Labute approximate surface area is 228 Å². The molecule has 1 unspecified atom stereocenters. The minimum Gasteiger partial charge on any atom is -0.396 e. The van der Waals surface area contributed by atoms with Gasteiger partial charge in [0, 0.05) is 27.3 Å². The standard InChI is InChI=1S/C25H22BrF3N8O2/c1-12-6-14(3)37(34-12)24-33-20-11-35(21(38)15-4-5-19(26)18(8-15)25(27,28)29)13(2)7-17(20)22(39)36(24)23-31-9-16(30)10-32-23/h4-6,8-10,13H,7,11,30H2,1-3H3. The van der Waals surface area contributed by atoms with Gasteiger partial charge in [0.2, 0.25) is 11.9 Å². The lowest BCUT2D eigenvalue weighted by Gasteiger charge is -2.34. The number of aromatic nitrogens is 6. The average Bonchev–Trinajstić information content (AvgIpc) is 3.21. The van der Waals surface area contributed by atoms with Gasteiger partial charge in [-0.3, -0.25) is 9.59 Å². The first-order valence-corrected chi connectivity index (χ1v) is 12.6. The number of hydrogen-bond acceptors (Lipinski definition) is 7. The first kappa shape index (κ1) is 26.5. The smallest absolute Gasteiger partial charge is 0.396 e. The molecule has 202 valence electrons. The van der Waals surface area contributed by atoms with E-state index in [4.69, 9.17) is 10.7 Å². The Kier molecular flexibility index (Phi) is 6.53. The number of carbonyl (C=O) groups is 1. The van der Waals surface area contributed by atoms with Crippen LogP contribution in [-0.2, 0) is 19.1 Å². The van der Waals surface area contributed by atoms with Crippen LogP contribution in [0.1, 0.15) is 45.5 Å². The molecule has 0 saturated carbocycles. The van der Waals surface area contributed by atoms with E-state index >= 15 is 0 Å². The molecule has 5 rings (SSSR count). The Bertz CT molecular complexity index is 1660. The summed E-state index contributed by atoms with van der Waals surface area (Å²) in [6, 6.07) is 4.65. The van der Waals surface area contributed by atoms with Crippen molar-refractivity contribution in [3.63, 3.8) is 0 Å². The molecule has 2 N–H and O–H groups in total. The van der Waals surface area contributed by atoms with Gasteiger partial charge in [0.15, 0.2) is 0 Å². The van der Waals surface area contributed by atoms with Crippen molar-refractivity contribution in [1.82, 2.24) is 34.2 Å². The summed E-state index contributed by atoms with van der Waals surface area (Å²) in [7, 11) is 0. The molecule has 0 bridgehead atoms. The van der Waals surface area contributed by atoms with E-state index in [9.17, 15) is 22.8 Å². The van der Waals surface area contributed by atoms with Gasteiger partial charge >= 0.3 is 6.18 Å². The molecule has 1 atom stereocenters. The van der Waals surface area contributed by atoms with Crippen LogP contribution < -0.4 is 11.3 Å². The highest BCUT2D eigenvalue weighted by atomic mass is 79.9. The molecule has 3 aromatic heterocycles. The number of hydrogen-bond donors (Lipinski definition) is 1. The molecule has 0 aliphatic carbocycles. The molecule has 4 aromatic rings. The van der Waals surface area contributed by atoms with Crippen molar-refractivity contribution in [3.05, 3.63) is 85.3 Å². The fourth-order valence-corrected chi connectivity index (χ4v) is 5.03. The second-order valence-electron chi connectivity index (χ2n) is 9.31. The quantitative estimate of drug-likeness (QED) is 0.378. The van der Waals surface area contributed by atoms with E-state index in [0.29, 0.717) is 28.3 Å². The zero-order valence-electron chi connectivity index (χ0n) is 21.0. The first-order chi connectivity index (χ1) is 18.3. The van der Waals surface area contributed by atoms with Gasteiger partial charge in [-0.1, -0.05) is 15.9 Å². The van der Waals surface area contributed by atoms with Crippen LogP contribution >= 0.6 is 15.9 Å². The molecule has 0 fully saturated rings. The van der Waals surface area contributed by atoms with E-state index in [1.54, 1.807) is 20.8 Å². The Hall–Kier alpha value is -4.07. The zero-order chi connectivity index (χ0) is 28.2. The lowest BCUT2D eigenvalue weighted by molar-refractivity contribution is -0.138. The molecule has 1 aliphatic heterocycles. The third kappa shape index (κ3) is 4.80. The number of nitrogens with two attached hydrogens (primary N) is 1. The van der Waals surface area contributed by atoms with Crippen molar-refractivity contribution in [3.8, 4) is 11.9 Å². The molecule has 1 aromatic carbocycles. The van der Waals surface area contributed by atoms with Crippen LogP contribution in [0.25, 0.3) is 11.9 Å². The van der Waals surface area contributed by atoms with Gasteiger partial charge in [-0.25, -0.2) is 24.2 Å². The highest BCUT2D eigenvalue weighted by molar-refractivity contribution is 9.10. The summed E-state index contributed by atoms with van der Waals surface area (Å²) in [5.74, 6) is -0.446. The molecule has 0 saturated heterocycles. The SMILES string of the molecule is Cc1cc(C)n(-c2nc3c(c(=O)n2-c2ncc(N)cn2)CC(C)N(C(=O)c2ccc(Br)c(C(F)(F)F)c2)C3)n1. The van der Waals surface area contributed by atoms with E-state index < -0.39 is 29.2 Å². The highest BCUT2D eigenvalue weighted by Gasteiger charge is 2.36. The van der Waals surface area contributed by atoms with Crippen molar-refractivity contribution < 1.29 is 18.0 Å². The number of amides is 1. The van der Waals surface area contributed by atoms with E-state index in [2.05, 4.69) is 31.0 Å². The summed E-state index contributed by atoms with van der Waals surface area (Å²) in [6.07, 6.45) is -1.77. The Morgan fingerprint density at radius 2 is 1.85 bits per heavy atom. The van der Waals surface area contributed by atoms with Crippen LogP contribution in [0.2, 0.25) is 0 Å². The lowest BCUT2D eigenvalue weighted by Crippen LogP contribution is -2.46. The summed E-state index contributed by atoms with van der Waals surface area (Å²) < 4.78 is 43.0. The van der Waals surface area contributed by atoms with Crippen molar-refractivity contribution in [2.75, 3.05) is 5.73 Å². The van der Waals surface area contributed by atoms with Crippen molar-refractivity contribution >= 4 is 27.5 Å². The summed E-state index contributed by atoms with van der Waals surface area (Å²) in [5.41, 5.74) is 6.58. The van der Waals surface area contributed by atoms with Crippen molar-refractivity contribution in [2.45, 2.75) is 46.0 Å². The molecule has 10 nitrogen and oxygen atoms in total. The fourth-order valence-electron chi connectivity index (χ4n) is 4.56. The average molecular weight is 603 g/mol. The van der Waals surface area contributed by atoms with Crippen LogP contribution in [0, 0.1) is 13.8 Å². The van der Waals surface area contributed by atoms with Gasteiger partial charge in [0.25, 0.3) is 11.5 Å². The van der Waals surface area contributed by atoms with Crippen LogP contribution in [-0.4, -0.2) is 46.1 Å². The molecule has 39 heavy (non-hydrogen) atoms. The van der Waals surface area contributed by atoms with Crippen molar-refractivity contribution in [1.29, 1.82) is 0 Å². The topological polar surface area (TPSA) is 125 Å². The summed E-state index contributed by atoms with van der Waals surface area (Å²) >= 11 is 2.90. The Morgan fingerprint density at radius 1 is 1.15 bits per heavy atom. The van der Waals surface area contributed by atoms with E-state index in [0.717, 1.165) is 6.07 Å². The van der Waals surface area contributed by atoms with Crippen LogP contribution in [0.3, 0.4) is 0 Å². The predicted octanol–water partition coefficient (Wildman–Crippen LogP) is 3.78. The number of nitrogens with zero attached hydrogens (tertiary/aromatic N) is 7. The summed E-state index contributed by atoms with van der Waals surface area (Å²) in [5, 5.41) is 4.45. The molecule has 1 aliphatic rings. The van der Waals surface area contributed by atoms with Crippen LogP contribution in [0.15, 0.2) is 45.9 Å². The molecule has 1 amide bonds. The number of alkyl halides is 3. The number of anilines is 1. The molecule has 0 radical (unpaired) electrons. The van der Waals surface area contributed by atoms with Gasteiger partial charge in [-0.15, -0.1) is 0 Å². The number of nitrogen functional groups attached to an aromatic ring is 1. The largest absolute Gasteiger partial charge is 0.417 e. The van der Waals surface area contributed by atoms with E-state index in [1.165, 1.54) is 38.7 Å². The number of fused-ring (bicyclic) bond motifs is 1. The van der Waals surface area contributed by atoms with Gasteiger partial charge in [-0.05, 0) is 51.5 Å². The monoisotopic (exact) mass is 602 g/mol. The van der Waals surface area contributed by atoms with E-state index in [1.807, 2.05) is 6.07 Å². The number of carbonyl (C=O) groups excluding carboxylic acids is 1. The number of aryl methyl sites for hydroxylation is 2. The van der Waals surface area contributed by atoms with Crippen LogP contribution in [0.4, 0.5) is 18.9 Å². The third-order valence-corrected chi connectivity index (χ3v) is 7.12.